The average Bonchev–Trinajstić information content (AvgIpc) is 2.70. The van der Waals surface area contributed by atoms with E-state index in [0.29, 0.717) is 12.3 Å². The molecule has 0 N–H and O–H groups in total. The summed E-state index contributed by atoms with van der Waals surface area (Å²) in [5.41, 5.74) is 0. The van der Waals surface area contributed by atoms with Crippen molar-refractivity contribution in [1.29, 1.82) is 0 Å². The van der Waals surface area contributed by atoms with Crippen molar-refractivity contribution in [3.05, 3.63) is 0 Å². The molecule has 0 amide bonds. The quantitative estimate of drug-likeness (QED) is 0.0885. The van der Waals surface area contributed by atoms with Crippen molar-refractivity contribution in [3.8, 4) is 0 Å². The molecule has 0 aromatic carbocycles. The molecule has 0 radical (unpaired) electrons. The summed E-state index contributed by atoms with van der Waals surface area (Å²) in [6.45, 7) is 6.73. The van der Waals surface area contributed by atoms with E-state index in [-0.39, 0.29) is 12.1 Å². The van der Waals surface area contributed by atoms with E-state index in [0.717, 1.165) is 24.6 Å². The molecule has 0 aromatic heterocycles. The Hall–Kier alpha value is -0.0500. The number of hydrogen-bond acceptors (Lipinski definition) is 2. The summed E-state index contributed by atoms with van der Waals surface area (Å²) in [6.07, 6.45) is 23.4. The van der Waals surface area contributed by atoms with E-state index in [4.69, 9.17) is 4.74 Å². The number of carbonyl (C=O) groups excluding carboxylic acids is 1. The van der Waals surface area contributed by atoms with Gasteiger partial charge in [-0.05, 0) is 38.0 Å². The maximum atomic E-state index is 12.5. The van der Waals surface area contributed by atoms with E-state index in [1.807, 2.05) is 0 Å². The fourth-order valence-corrected chi connectivity index (χ4v) is 4.35. The molecule has 0 aliphatic heterocycles. The third-order valence-corrected chi connectivity index (χ3v) is 6.46. The lowest BCUT2D eigenvalue weighted by Crippen LogP contribution is -2.20. The zero-order valence-corrected chi connectivity index (χ0v) is 21.6. The van der Waals surface area contributed by atoms with Crippen molar-refractivity contribution >= 4 is 21.9 Å². The van der Waals surface area contributed by atoms with Gasteiger partial charge in [-0.2, -0.15) is 0 Å². The third kappa shape index (κ3) is 21.0. The van der Waals surface area contributed by atoms with Crippen LogP contribution in [0.5, 0.6) is 0 Å². The van der Waals surface area contributed by atoms with Gasteiger partial charge in [-0.15, -0.1) is 0 Å². The number of esters is 1. The molecule has 174 valence electrons. The predicted molar refractivity (Wildman–Crippen MR) is 132 cm³/mol. The zero-order chi connectivity index (χ0) is 21.6. The monoisotopic (exact) mass is 474 g/mol. The molecule has 3 heteroatoms. The van der Waals surface area contributed by atoms with Crippen molar-refractivity contribution in [2.24, 2.45) is 5.92 Å². The van der Waals surface area contributed by atoms with Crippen LogP contribution in [0.3, 0.4) is 0 Å². The van der Waals surface area contributed by atoms with Gasteiger partial charge in [0.05, 0.1) is 0 Å². The Kier molecular flexibility index (Phi) is 22.6. The first-order chi connectivity index (χ1) is 14.1. The van der Waals surface area contributed by atoms with Crippen molar-refractivity contribution in [2.75, 3.05) is 5.33 Å². The highest BCUT2D eigenvalue weighted by molar-refractivity contribution is 9.09. The Morgan fingerprint density at radius 1 is 0.690 bits per heavy atom. The molecule has 2 nitrogen and oxygen atoms in total. The smallest absolute Gasteiger partial charge is 0.306 e. The topological polar surface area (TPSA) is 26.3 Å². The molecule has 1 unspecified atom stereocenters. The number of halogens is 1. The molecule has 0 fully saturated rings. The molecule has 0 bridgehead atoms. The molecule has 0 aromatic rings. The van der Waals surface area contributed by atoms with Gasteiger partial charge in [0.1, 0.15) is 6.10 Å². The Balaban J connectivity index is 4.15. The molecule has 0 heterocycles. The van der Waals surface area contributed by atoms with E-state index < -0.39 is 0 Å². The lowest BCUT2D eigenvalue weighted by atomic mass is 9.99. The van der Waals surface area contributed by atoms with Gasteiger partial charge in [0.2, 0.25) is 0 Å². The molecule has 1 atom stereocenters. The molecule has 0 rings (SSSR count). The lowest BCUT2D eigenvalue weighted by Gasteiger charge is -2.19. The summed E-state index contributed by atoms with van der Waals surface area (Å²) in [6, 6.07) is 0. The molecule has 0 aliphatic rings. The van der Waals surface area contributed by atoms with Crippen LogP contribution in [0, 0.1) is 5.92 Å². The van der Waals surface area contributed by atoms with Crippen LogP contribution in [0.15, 0.2) is 0 Å². The van der Waals surface area contributed by atoms with Gasteiger partial charge in [0.25, 0.3) is 0 Å². The standard InChI is InChI=1S/C26H51BrO2/c1-4-6-8-10-12-16-20-25(21-17-13-11-9-7-5-2)29-26(28)23-24(3)19-15-14-18-22-27/h24-25H,4-23H2,1-3H3. The number of unbranched alkanes of at least 4 members (excludes halogenated alkanes) is 12. The highest BCUT2D eigenvalue weighted by Gasteiger charge is 2.16. The Labute approximate surface area is 191 Å². The Bertz CT molecular complexity index is 330. The highest BCUT2D eigenvalue weighted by atomic mass is 79.9. The van der Waals surface area contributed by atoms with Gasteiger partial charge in [-0.25, -0.2) is 0 Å². The minimum absolute atomic E-state index is 0.0416. The summed E-state index contributed by atoms with van der Waals surface area (Å²) in [4.78, 5) is 12.5. The molecular weight excluding hydrogens is 424 g/mol. The van der Waals surface area contributed by atoms with Crippen LogP contribution in [0.4, 0.5) is 0 Å². The second-order valence-corrected chi connectivity index (χ2v) is 9.87. The van der Waals surface area contributed by atoms with Crippen molar-refractivity contribution in [3.63, 3.8) is 0 Å². The van der Waals surface area contributed by atoms with E-state index in [2.05, 4.69) is 36.7 Å². The number of alkyl halides is 1. The average molecular weight is 476 g/mol. The Morgan fingerprint density at radius 2 is 1.14 bits per heavy atom. The van der Waals surface area contributed by atoms with Crippen LogP contribution < -0.4 is 0 Å². The second kappa shape index (κ2) is 22.6. The first-order valence-electron chi connectivity index (χ1n) is 12.9. The minimum atomic E-state index is 0.0416. The summed E-state index contributed by atoms with van der Waals surface area (Å²) >= 11 is 3.49. The van der Waals surface area contributed by atoms with Crippen LogP contribution in [0.25, 0.3) is 0 Å². The fourth-order valence-electron chi connectivity index (χ4n) is 3.95. The van der Waals surface area contributed by atoms with Crippen LogP contribution >= 0.6 is 15.9 Å². The van der Waals surface area contributed by atoms with Gasteiger partial charge >= 0.3 is 5.97 Å². The summed E-state index contributed by atoms with van der Waals surface area (Å²) in [5.74, 6) is 0.488. The van der Waals surface area contributed by atoms with E-state index in [1.54, 1.807) is 0 Å². The number of ether oxygens (including phenoxy) is 1. The molecule has 0 saturated carbocycles. The lowest BCUT2D eigenvalue weighted by molar-refractivity contribution is -0.151. The second-order valence-electron chi connectivity index (χ2n) is 9.07. The van der Waals surface area contributed by atoms with E-state index >= 15 is 0 Å². The molecular formula is C26H51BrO2. The zero-order valence-electron chi connectivity index (χ0n) is 20.0. The van der Waals surface area contributed by atoms with Crippen LogP contribution in [-0.4, -0.2) is 17.4 Å². The SMILES string of the molecule is CCCCCCCCC(CCCCCCCC)OC(=O)CC(C)CCCCCBr. The van der Waals surface area contributed by atoms with Gasteiger partial charge in [-0.1, -0.05) is 120 Å². The number of carbonyl (C=O) groups is 1. The van der Waals surface area contributed by atoms with Gasteiger partial charge in [0.15, 0.2) is 0 Å². The van der Waals surface area contributed by atoms with E-state index in [9.17, 15) is 4.79 Å². The summed E-state index contributed by atoms with van der Waals surface area (Å²) in [5, 5.41) is 1.09. The van der Waals surface area contributed by atoms with Gasteiger partial charge < -0.3 is 4.74 Å². The van der Waals surface area contributed by atoms with Crippen LogP contribution in [0.1, 0.15) is 143 Å². The molecule has 29 heavy (non-hydrogen) atoms. The molecule has 0 spiro atoms. The van der Waals surface area contributed by atoms with Crippen molar-refractivity contribution < 1.29 is 9.53 Å². The van der Waals surface area contributed by atoms with Crippen molar-refractivity contribution in [2.45, 2.75) is 149 Å². The van der Waals surface area contributed by atoms with Crippen molar-refractivity contribution in [1.82, 2.24) is 0 Å². The summed E-state index contributed by atoms with van der Waals surface area (Å²) < 4.78 is 5.96. The van der Waals surface area contributed by atoms with Gasteiger partial charge in [-0.3, -0.25) is 4.79 Å². The number of rotatable bonds is 22. The maximum absolute atomic E-state index is 12.5. The van der Waals surface area contributed by atoms with Crippen LogP contribution in [-0.2, 0) is 9.53 Å². The van der Waals surface area contributed by atoms with Crippen LogP contribution in [0.2, 0.25) is 0 Å². The first kappa shape index (κ1) is 28.9. The fraction of sp³-hybridized carbons (Fsp3) is 0.962. The number of hydrogen-bond donors (Lipinski definition) is 0. The first-order valence-corrected chi connectivity index (χ1v) is 14.0. The maximum Gasteiger partial charge on any atom is 0.306 e. The third-order valence-electron chi connectivity index (χ3n) is 5.90. The largest absolute Gasteiger partial charge is 0.462 e. The molecule has 0 saturated heterocycles. The molecule has 0 aliphatic carbocycles. The summed E-state index contributed by atoms with van der Waals surface area (Å²) in [7, 11) is 0. The normalized spacial score (nSPS) is 12.4. The van der Waals surface area contributed by atoms with Gasteiger partial charge in [0, 0.05) is 11.8 Å². The Morgan fingerprint density at radius 3 is 1.66 bits per heavy atom. The van der Waals surface area contributed by atoms with E-state index in [1.165, 1.54) is 96.3 Å². The minimum Gasteiger partial charge on any atom is -0.462 e. The predicted octanol–water partition coefficient (Wildman–Crippen LogP) is 9.38. The highest BCUT2D eigenvalue weighted by Crippen LogP contribution is 2.19.